The summed E-state index contributed by atoms with van der Waals surface area (Å²) in [6.07, 6.45) is -0.0338. The number of anilines is 1. The number of nitrogens with zero attached hydrogens (tertiary/aromatic N) is 3. The second kappa shape index (κ2) is 11.4. The molecule has 3 heterocycles. The number of hydrogen-bond acceptors (Lipinski definition) is 13. The molecule has 0 radical (unpaired) electrons. The number of ether oxygens (including phenoxy) is 2. The van der Waals surface area contributed by atoms with Gasteiger partial charge in [-0.2, -0.15) is 9.10 Å². The number of sulfonamides is 1. The zero-order chi connectivity index (χ0) is 29.3. The number of β-lactam (4-membered cyclic amide) rings is 1. The lowest BCUT2D eigenvalue weighted by atomic mass is 10.0. The van der Waals surface area contributed by atoms with Crippen molar-refractivity contribution < 1.29 is 47.0 Å². The summed E-state index contributed by atoms with van der Waals surface area (Å²) >= 11 is 1.80. The number of carboxylic acids is 1. The summed E-state index contributed by atoms with van der Waals surface area (Å²) in [4.78, 5) is 66.0. The van der Waals surface area contributed by atoms with Crippen LogP contribution in [0, 0.1) is 0 Å². The van der Waals surface area contributed by atoms with Crippen LogP contribution in [0.4, 0.5) is 9.93 Å². The van der Waals surface area contributed by atoms with Crippen molar-refractivity contribution in [1.82, 2.24) is 24.3 Å². The minimum atomic E-state index is -3.98. The Balaban J connectivity index is 1.77. The van der Waals surface area contributed by atoms with Crippen LogP contribution in [0.25, 0.3) is 0 Å². The van der Waals surface area contributed by atoms with Gasteiger partial charge in [-0.05, 0) is 20.8 Å². The number of carbonyl (C=O) groups excluding carboxylic acids is 4. The predicted octanol–water partition coefficient (Wildman–Crippen LogP) is -0.223. The average Bonchev–Trinajstić information content (AvgIpc) is 3.24. The summed E-state index contributed by atoms with van der Waals surface area (Å²) in [7, 11) is -3.98. The Morgan fingerprint density at radius 1 is 1.26 bits per heavy atom. The number of aromatic nitrogens is 2. The third-order valence-electron chi connectivity index (χ3n) is 4.90. The molecule has 0 aliphatic carbocycles. The van der Waals surface area contributed by atoms with Gasteiger partial charge in [-0.3, -0.25) is 24.6 Å². The lowest BCUT2D eigenvalue weighted by Gasteiger charge is -2.49. The highest BCUT2D eigenvalue weighted by atomic mass is 32.2. The van der Waals surface area contributed by atoms with E-state index in [0.717, 1.165) is 29.8 Å². The molecule has 1 aromatic rings. The fourth-order valence-electron chi connectivity index (χ4n) is 3.45. The first-order chi connectivity index (χ1) is 18.0. The second-order valence-electron chi connectivity index (χ2n) is 9.34. The van der Waals surface area contributed by atoms with Crippen LogP contribution in [-0.2, 0) is 38.7 Å². The SMILES string of the molecule is CC(=O)OCC1=C(C(=O)O)N2C(=O)[C@@H](NC(=O)C(NS(C)(=O)=O)c3nsc(NC(=O)OC(C)(C)C)n3)[C@H]2SC1. The van der Waals surface area contributed by atoms with Crippen molar-refractivity contribution in [2.75, 3.05) is 23.9 Å². The Labute approximate surface area is 231 Å². The van der Waals surface area contributed by atoms with Crippen molar-refractivity contribution in [3.8, 4) is 0 Å². The monoisotopic (exact) mass is 606 g/mol. The normalized spacial score (nSPS) is 19.9. The first-order valence-corrected chi connectivity index (χ1v) is 14.8. The average molecular weight is 607 g/mol. The van der Waals surface area contributed by atoms with E-state index in [2.05, 4.69) is 24.7 Å². The Morgan fingerprint density at radius 2 is 1.92 bits per heavy atom. The standard InChI is InChI=1S/C20H26N6O10S3/c1-8(27)35-6-9-7-37-16-11(15(29)26(16)12(9)17(30)31)21-14(28)10(25-39(5,33)34)13-22-18(38-24-13)23-19(32)36-20(2,3)4/h10-11,16,25H,6-7H2,1-5H3,(H,21,28)(H,30,31)(H,22,23,24,32)/t10?,11-,16-/m1/s1. The van der Waals surface area contributed by atoms with Crippen molar-refractivity contribution in [2.45, 2.75) is 50.8 Å². The van der Waals surface area contributed by atoms with E-state index in [1.165, 1.54) is 0 Å². The minimum absolute atomic E-state index is 0.0716. The highest BCUT2D eigenvalue weighted by Gasteiger charge is 2.54. The number of nitrogens with one attached hydrogen (secondary N) is 3. The molecule has 0 aromatic carbocycles. The molecule has 1 fully saturated rings. The zero-order valence-corrected chi connectivity index (χ0v) is 23.8. The number of carbonyl (C=O) groups is 5. The molecular formula is C20H26N6O10S3. The Morgan fingerprint density at radius 3 is 2.49 bits per heavy atom. The van der Waals surface area contributed by atoms with Gasteiger partial charge in [-0.15, -0.1) is 11.8 Å². The van der Waals surface area contributed by atoms with Crippen LogP contribution in [0.2, 0.25) is 0 Å². The molecule has 19 heteroatoms. The summed E-state index contributed by atoms with van der Waals surface area (Å²) in [5.74, 6) is -3.96. The molecule has 0 saturated carbocycles. The third-order valence-corrected chi connectivity index (χ3v) is 7.55. The smallest absolute Gasteiger partial charge is 0.414 e. The maximum Gasteiger partial charge on any atom is 0.414 e. The number of hydrogen-bond donors (Lipinski definition) is 4. The maximum atomic E-state index is 13.1. The fourth-order valence-corrected chi connectivity index (χ4v) is 6.01. The largest absolute Gasteiger partial charge is 0.477 e. The molecule has 1 saturated heterocycles. The molecule has 3 rings (SSSR count). The lowest BCUT2D eigenvalue weighted by Crippen LogP contribution is -2.71. The van der Waals surface area contributed by atoms with Crippen molar-refractivity contribution in [2.24, 2.45) is 0 Å². The minimum Gasteiger partial charge on any atom is -0.477 e. The van der Waals surface area contributed by atoms with Gasteiger partial charge in [-0.25, -0.2) is 23.0 Å². The Bertz CT molecular complexity index is 1340. The first kappa shape index (κ1) is 30.3. The molecule has 3 amide bonds. The van der Waals surface area contributed by atoms with E-state index in [-0.39, 0.29) is 34.6 Å². The van der Waals surface area contributed by atoms with Gasteiger partial charge >= 0.3 is 18.0 Å². The molecule has 1 aromatic heterocycles. The molecular weight excluding hydrogens is 580 g/mol. The molecule has 39 heavy (non-hydrogen) atoms. The van der Waals surface area contributed by atoms with Crippen LogP contribution in [0.15, 0.2) is 11.3 Å². The molecule has 0 spiro atoms. The van der Waals surface area contributed by atoms with E-state index in [1.807, 2.05) is 0 Å². The van der Waals surface area contributed by atoms with Crippen LogP contribution in [-0.4, -0.2) is 93.3 Å². The molecule has 1 unspecified atom stereocenters. The van der Waals surface area contributed by atoms with Crippen molar-refractivity contribution in [3.63, 3.8) is 0 Å². The van der Waals surface area contributed by atoms with Crippen molar-refractivity contribution in [1.29, 1.82) is 0 Å². The quantitative estimate of drug-likeness (QED) is 0.211. The van der Waals surface area contributed by atoms with Gasteiger partial charge in [0.2, 0.25) is 21.1 Å². The summed E-state index contributed by atoms with van der Waals surface area (Å²) in [6.45, 7) is 5.80. The molecule has 2 aliphatic rings. The van der Waals surface area contributed by atoms with E-state index < -0.39 is 62.9 Å². The predicted molar refractivity (Wildman–Crippen MR) is 137 cm³/mol. The number of carboxylic acid groups (broad SMARTS) is 1. The first-order valence-electron chi connectivity index (χ1n) is 11.1. The van der Waals surface area contributed by atoms with E-state index in [0.29, 0.717) is 11.5 Å². The van der Waals surface area contributed by atoms with E-state index >= 15 is 0 Å². The molecule has 0 bridgehead atoms. The van der Waals surface area contributed by atoms with E-state index in [1.54, 1.807) is 20.8 Å². The van der Waals surface area contributed by atoms with Gasteiger partial charge in [-0.1, -0.05) is 0 Å². The number of fused-ring (bicyclic) bond motifs is 1. The molecule has 3 atom stereocenters. The van der Waals surface area contributed by atoms with E-state index in [4.69, 9.17) is 9.47 Å². The van der Waals surface area contributed by atoms with Crippen molar-refractivity contribution >= 4 is 68.3 Å². The Kier molecular flexibility index (Phi) is 8.88. The number of amides is 3. The van der Waals surface area contributed by atoms with Gasteiger partial charge < -0.3 is 19.9 Å². The second-order valence-corrected chi connectivity index (χ2v) is 13.0. The molecule has 2 aliphatic heterocycles. The Hall–Kier alpha value is -3.29. The number of aliphatic carboxylic acids is 1. The van der Waals surface area contributed by atoms with Gasteiger partial charge in [0, 0.05) is 29.8 Å². The van der Waals surface area contributed by atoms with Crippen LogP contribution in [0.5, 0.6) is 0 Å². The zero-order valence-electron chi connectivity index (χ0n) is 21.3. The number of rotatable bonds is 9. The van der Waals surface area contributed by atoms with Gasteiger partial charge in [0.25, 0.3) is 5.91 Å². The summed E-state index contributed by atoms with van der Waals surface area (Å²) < 4.78 is 40.0. The van der Waals surface area contributed by atoms with Crippen LogP contribution in [0.3, 0.4) is 0 Å². The molecule has 214 valence electrons. The highest BCUT2D eigenvalue weighted by molar-refractivity contribution is 8.00. The summed E-state index contributed by atoms with van der Waals surface area (Å²) in [5, 5.41) is 13.5. The van der Waals surface area contributed by atoms with Gasteiger partial charge in [0.1, 0.15) is 29.3 Å². The number of esters is 1. The van der Waals surface area contributed by atoms with Gasteiger partial charge in [0.15, 0.2) is 11.9 Å². The van der Waals surface area contributed by atoms with Gasteiger partial charge in [0.05, 0.1) is 6.26 Å². The molecule has 16 nitrogen and oxygen atoms in total. The fraction of sp³-hybridized carbons (Fsp3) is 0.550. The third kappa shape index (κ3) is 7.64. The topological polar surface area (TPSA) is 223 Å². The maximum absolute atomic E-state index is 13.1. The van der Waals surface area contributed by atoms with E-state index in [9.17, 15) is 37.5 Å². The number of thioether (sulfide) groups is 1. The van der Waals surface area contributed by atoms with Crippen LogP contribution in [0.1, 0.15) is 39.6 Å². The van der Waals surface area contributed by atoms with Crippen LogP contribution < -0.4 is 15.4 Å². The summed E-state index contributed by atoms with van der Waals surface area (Å²) in [6, 6.07) is -2.86. The highest BCUT2D eigenvalue weighted by Crippen LogP contribution is 2.40. The van der Waals surface area contributed by atoms with Crippen molar-refractivity contribution in [3.05, 3.63) is 17.1 Å². The lowest BCUT2D eigenvalue weighted by molar-refractivity contribution is -0.151. The molecule has 4 N–H and O–H groups in total. The van der Waals surface area contributed by atoms with Crippen LogP contribution >= 0.6 is 23.3 Å². The summed E-state index contributed by atoms with van der Waals surface area (Å²) in [5.41, 5.74) is -0.930.